The van der Waals surface area contributed by atoms with E-state index in [-0.39, 0.29) is 48.2 Å². The van der Waals surface area contributed by atoms with Gasteiger partial charge in [-0.2, -0.15) is 15.0 Å². The van der Waals surface area contributed by atoms with Gasteiger partial charge in [-0.05, 0) is 30.5 Å². The summed E-state index contributed by atoms with van der Waals surface area (Å²) in [6, 6.07) is 13.4. The van der Waals surface area contributed by atoms with Crippen LogP contribution in [0.4, 0.5) is 23.5 Å². The molecule has 1 unspecified atom stereocenters. The number of nitrogens with one attached hydrogen (secondary N) is 2. The number of anilines is 4. The molecule has 1 amide bonds. The van der Waals surface area contributed by atoms with Crippen molar-refractivity contribution in [3.63, 3.8) is 0 Å². The Labute approximate surface area is 266 Å². The molecule has 2 fully saturated rings. The van der Waals surface area contributed by atoms with Gasteiger partial charge in [-0.25, -0.2) is 0 Å². The lowest BCUT2D eigenvalue weighted by Gasteiger charge is -2.37. The van der Waals surface area contributed by atoms with Crippen molar-refractivity contribution in [1.82, 2.24) is 20.3 Å². The normalized spacial score (nSPS) is 23.6. The zero-order valence-electron chi connectivity index (χ0n) is 25.5. The predicted molar refractivity (Wildman–Crippen MR) is 173 cm³/mol. The van der Waals surface area contributed by atoms with Gasteiger partial charge in [-0.15, -0.1) is 0 Å². The number of aromatic nitrogens is 3. The molecule has 11 N–H and O–H groups in total. The predicted octanol–water partition coefficient (Wildman–Crippen LogP) is 0.237. The molecule has 0 saturated carbocycles. The molecule has 0 radical (unpaired) electrons. The van der Waals surface area contributed by atoms with Crippen molar-refractivity contribution >= 4 is 29.4 Å². The maximum atomic E-state index is 13.3. The number of carbonyl (C=O) groups excluding carboxylic acids is 1. The second-order valence-corrected chi connectivity index (χ2v) is 12.1. The Morgan fingerprint density at radius 2 is 1.50 bits per heavy atom. The van der Waals surface area contributed by atoms with E-state index in [2.05, 4.69) is 20.6 Å². The molecule has 6 rings (SSSR count). The fourth-order valence-electron chi connectivity index (χ4n) is 6.05. The molecule has 3 aliphatic heterocycles. The summed E-state index contributed by atoms with van der Waals surface area (Å²) < 4.78 is 10.8. The van der Waals surface area contributed by atoms with E-state index in [1.165, 1.54) is 18.4 Å². The van der Waals surface area contributed by atoms with Crippen LogP contribution >= 0.6 is 0 Å². The zero-order chi connectivity index (χ0) is 32.2. The first-order valence-corrected chi connectivity index (χ1v) is 15.4. The van der Waals surface area contributed by atoms with Gasteiger partial charge in [-0.1, -0.05) is 30.3 Å². The van der Waals surface area contributed by atoms with E-state index >= 15 is 0 Å². The molecule has 0 bridgehead atoms. The second-order valence-electron chi connectivity index (χ2n) is 12.1. The molecule has 2 aromatic carbocycles. The number of ether oxygens (including phenoxy) is 2. The molecule has 4 heterocycles. The quantitative estimate of drug-likeness (QED) is 0.168. The minimum atomic E-state index is -0.497. The van der Waals surface area contributed by atoms with Crippen molar-refractivity contribution in [2.24, 2.45) is 22.9 Å². The Morgan fingerprint density at radius 1 is 0.891 bits per heavy atom. The molecular weight excluding hydrogens is 590 g/mol. The van der Waals surface area contributed by atoms with Crippen LogP contribution in [-0.4, -0.2) is 89.1 Å². The summed E-state index contributed by atoms with van der Waals surface area (Å²) in [5.74, 6) is 0.884. The lowest BCUT2D eigenvalue weighted by atomic mass is 10.0. The number of carbonyl (C=O) groups is 1. The number of nitrogens with two attached hydrogens (primary N) is 4. The second kappa shape index (κ2) is 13.7. The Kier molecular flexibility index (Phi) is 9.35. The van der Waals surface area contributed by atoms with E-state index < -0.39 is 11.9 Å². The van der Waals surface area contributed by atoms with Crippen molar-refractivity contribution in [3.8, 4) is 5.75 Å². The summed E-state index contributed by atoms with van der Waals surface area (Å²) in [6.07, 6.45) is 3.39. The van der Waals surface area contributed by atoms with Gasteiger partial charge < -0.3 is 57.9 Å². The van der Waals surface area contributed by atoms with Crippen LogP contribution in [0.25, 0.3) is 0 Å². The third-order valence-electron chi connectivity index (χ3n) is 8.13. The van der Waals surface area contributed by atoms with Gasteiger partial charge in [-0.3, -0.25) is 4.79 Å². The average molecular weight is 632 g/mol. The first kappa shape index (κ1) is 31.3. The molecule has 15 nitrogen and oxygen atoms in total. The standard InChI is InChI=1S/C31H41N11O4/c32-19-9-20(33)13-41(12-19)30-38-29(39-31(40-30)42-14-21(34)10-22(35)15-42)36-23-6-7-24(26(43)11-23)28(44)37-25(27-16-45-17-46-27)8-18-4-2-1-3-5-18/h1-7,11,16,19-22,25,43H,8-10,12-15,17,32-35H2,(H,37,44)(H,36,38,39,40)/t19-,20+,21-,22+,25?. The van der Waals surface area contributed by atoms with Crippen molar-refractivity contribution < 1.29 is 19.4 Å². The summed E-state index contributed by atoms with van der Waals surface area (Å²) >= 11 is 0. The molecule has 3 aromatic rings. The fourth-order valence-corrected chi connectivity index (χ4v) is 6.05. The topological polar surface area (TPSA) is 229 Å². The Balaban J connectivity index is 1.22. The van der Waals surface area contributed by atoms with Crippen LogP contribution in [0.2, 0.25) is 0 Å². The number of hydrogen-bond acceptors (Lipinski definition) is 14. The first-order chi connectivity index (χ1) is 22.2. The third kappa shape index (κ3) is 7.56. The lowest BCUT2D eigenvalue weighted by Crippen LogP contribution is -2.54. The van der Waals surface area contributed by atoms with Crippen LogP contribution in [0.1, 0.15) is 28.8 Å². The Morgan fingerprint density at radius 3 is 2.04 bits per heavy atom. The van der Waals surface area contributed by atoms with Crippen LogP contribution < -0.4 is 43.4 Å². The highest BCUT2D eigenvalue weighted by atomic mass is 16.7. The van der Waals surface area contributed by atoms with Gasteiger partial charge in [0, 0.05) is 68.5 Å². The van der Waals surface area contributed by atoms with Crippen LogP contribution in [0.3, 0.4) is 0 Å². The summed E-state index contributed by atoms with van der Waals surface area (Å²) in [7, 11) is 0. The zero-order valence-corrected chi connectivity index (χ0v) is 25.5. The number of benzene rings is 2. The third-order valence-corrected chi connectivity index (χ3v) is 8.13. The summed E-state index contributed by atoms with van der Waals surface area (Å²) in [4.78, 5) is 31.3. The van der Waals surface area contributed by atoms with E-state index in [1.54, 1.807) is 6.07 Å². The summed E-state index contributed by atoms with van der Waals surface area (Å²) in [5, 5.41) is 17.1. The number of phenols is 1. The average Bonchev–Trinajstić information content (AvgIpc) is 3.55. The van der Waals surface area contributed by atoms with Crippen molar-refractivity contribution in [2.45, 2.75) is 49.5 Å². The summed E-state index contributed by atoms with van der Waals surface area (Å²) in [6.45, 7) is 2.25. The molecule has 1 aromatic heterocycles. The highest BCUT2D eigenvalue weighted by molar-refractivity contribution is 5.97. The van der Waals surface area contributed by atoms with Crippen LogP contribution in [0.15, 0.2) is 60.6 Å². The number of hydrogen-bond donors (Lipinski definition) is 7. The minimum absolute atomic E-state index is 0.0807. The number of phenolic OH excluding ortho intramolecular Hbond substituents is 1. The van der Waals surface area contributed by atoms with Gasteiger partial charge in [0.2, 0.25) is 24.6 Å². The van der Waals surface area contributed by atoms with E-state index in [9.17, 15) is 9.90 Å². The van der Waals surface area contributed by atoms with Gasteiger partial charge >= 0.3 is 0 Å². The molecule has 3 aliphatic rings. The van der Waals surface area contributed by atoms with Gasteiger partial charge in [0.15, 0.2) is 5.76 Å². The Bertz CT molecular complexity index is 1490. The Hall–Kier alpha value is -4.70. The largest absolute Gasteiger partial charge is 0.507 e. The van der Waals surface area contributed by atoms with Gasteiger partial charge in [0.1, 0.15) is 12.0 Å². The van der Waals surface area contributed by atoms with E-state index in [1.807, 2.05) is 40.1 Å². The van der Waals surface area contributed by atoms with Crippen molar-refractivity contribution in [1.29, 1.82) is 0 Å². The molecular formula is C31H41N11O4. The molecule has 244 valence electrons. The van der Waals surface area contributed by atoms with Crippen molar-refractivity contribution in [3.05, 3.63) is 71.7 Å². The number of aromatic hydroxyl groups is 1. The van der Waals surface area contributed by atoms with Gasteiger partial charge in [0.05, 0.1) is 11.6 Å². The fraction of sp³-hybridized carbons (Fsp3) is 0.419. The van der Waals surface area contributed by atoms with Gasteiger partial charge in [0.25, 0.3) is 5.91 Å². The number of rotatable bonds is 9. The van der Waals surface area contributed by atoms with E-state index in [4.69, 9.17) is 37.4 Å². The summed E-state index contributed by atoms with van der Waals surface area (Å²) in [5.41, 5.74) is 26.6. The van der Waals surface area contributed by atoms with Crippen LogP contribution in [-0.2, 0) is 15.9 Å². The molecule has 0 aliphatic carbocycles. The molecule has 5 atom stereocenters. The number of amides is 1. The number of nitrogens with zero attached hydrogens (tertiary/aromatic N) is 5. The van der Waals surface area contributed by atoms with Crippen LogP contribution in [0, 0.1) is 0 Å². The smallest absolute Gasteiger partial charge is 0.255 e. The molecule has 2 saturated heterocycles. The van der Waals surface area contributed by atoms with E-state index in [0.29, 0.717) is 68.8 Å². The highest BCUT2D eigenvalue weighted by Crippen LogP contribution is 2.27. The SMILES string of the molecule is N[C@@H]1C[C@H](N)CN(c2nc(Nc3ccc(C(=O)NC(Cc4ccccc4)C4=COCO4)c(O)c3)nc(N3C[C@H](N)C[C@H](N)C3)n2)C1. The maximum absolute atomic E-state index is 13.3. The van der Waals surface area contributed by atoms with E-state index in [0.717, 1.165) is 5.56 Å². The van der Waals surface area contributed by atoms with Crippen LogP contribution in [0.5, 0.6) is 5.75 Å². The number of piperidine rings is 2. The molecule has 46 heavy (non-hydrogen) atoms. The molecule has 15 heteroatoms. The first-order valence-electron chi connectivity index (χ1n) is 15.4. The maximum Gasteiger partial charge on any atom is 0.255 e. The molecule has 0 spiro atoms. The minimum Gasteiger partial charge on any atom is -0.507 e. The van der Waals surface area contributed by atoms with Crippen molar-refractivity contribution in [2.75, 3.05) is 48.1 Å². The highest BCUT2D eigenvalue weighted by Gasteiger charge is 2.29. The monoisotopic (exact) mass is 631 g/mol. The lowest BCUT2D eigenvalue weighted by molar-refractivity contribution is 0.0705.